The van der Waals surface area contributed by atoms with Crippen molar-refractivity contribution in [2.45, 2.75) is 31.2 Å². The predicted octanol–water partition coefficient (Wildman–Crippen LogP) is 3.12. The number of rotatable bonds is 8. The summed E-state index contributed by atoms with van der Waals surface area (Å²) in [6.07, 6.45) is 0.571. The Labute approximate surface area is 212 Å². The highest BCUT2D eigenvalue weighted by Gasteiger charge is 2.54. The van der Waals surface area contributed by atoms with Crippen LogP contribution in [0.4, 0.5) is 18.9 Å². The molecule has 1 aliphatic carbocycles. The van der Waals surface area contributed by atoms with Gasteiger partial charge in [-0.2, -0.15) is 0 Å². The number of carbonyl (C=O) groups excluding carboxylic acids is 2. The van der Waals surface area contributed by atoms with Crippen molar-refractivity contribution in [3.63, 3.8) is 0 Å². The molecule has 2 aromatic heterocycles. The number of Topliss-reactive ketones (excluding diaryl/α,β-unsaturated/α-hetero) is 1. The van der Waals surface area contributed by atoms with Gasteiger partial charge in [-0.25, -0.2) is 9.97 Å². The van der Waals surface area contributed by atoms with E-state index >= 15 is 0 Å². The molecule has 3 heterocycles. The molecule has 1 amide bonds. The number of nitrogens with zero attached hydrogens (tertiary/aromatic N) is 5. The van der Waals surface area contributed by atoms with Gasteiger partial charge in [-0.1, -0.05) is 11.3 Å². The van der Waals surface area contributed by atoms with E-state index in [1.165, 1.54) is 29.8 Å². The van der Waals surface area contributed by atoms with E-state index in [1.54, 1.807) is 12.4 Å². The summed E-state index contributed by atoms with van der Waals surface area (Å²) < 4.78 is 48.6. The van der Waals surface area contributed by atoms with Crippen molar-refractivity contribution in [3.05, 3.63) is 47.5 Å². The van der Waals surface area contributed by atoms with Crippen LogP contribution in [-0.2, 0) is 16.0 Å². The quantitative estimate of drug-likeness (QED) is 0.435. The summed E-state index contributed by atoms with van der Waals surface area (Å²) in [5, 5.41) is 11.6. The van der Waals surface area contributed by atoms with E-state index in [9.17, 15) is 22.8 Å². The smallest absolute Gasteiger partial charge is 0.404 e. The summed E-state index contributed by atoms with van der Waals surface area (Å²) in [6.45, 7) is 2.06. The Hall–Kier alpha value is -3.49. The van der Waals surface area contributed by atoms with Gasteiger partial charge in [0.2, 0.25) is 5.91 Å². The van der Waals surface area contributed by atoms with Crippen molar-refractivity contribution in [3.8, 4) is 16.3 Å². The van der Waals surface area contributed by atoms with Gasteiger partial charge in [-0.15, -0.1) is 23.4 Å². The van der Waals surface area contributed by atoms with Gasteiger partial charge < -0.3 is 14.8 Å². The molecular formula is C23H21F3N6O4S. The maximum absolute atomic E-state index is 13.2. The average Bonchev–Trinajstić information content (AvgIpc) is 3.58. The van der Waals surface area contributed by atoms with Gasteiger partial charge in [0.05, 0.1) is 25.3 Å². The Morgan fingerprint density at radius 1 is 1.14 bits per heavy atom. The number of aromatic nitrogens is 4. The zero-order valence-corrected chi connectivity index (χ0v) is 20.1. The first kappa shape index (κ1) is 25.2. The molecule has 0 bridgehead atoms. The Morgan fingerprint density at radius 3 is 2.54 bits per heavy atom. The number of ketones is 1. The standard InChI is InChI=1S/C23H21F3N6O4S/c24-23(25,26)36-18-2-1-14(17(33)10-19-30-31-20(37-19)15-11-27-13-28-12-15)9-16(18)29-21(34)22(3-4-22)32-5-7-35-8-6-32/h1-2,9,11-13H,3-8,10H2,(H,29,34). The van der Waals surface area contributed by atoms with Crippen LogP contribution in [-0.4, -0.2) is 75.0 Å². The van der Waals surface area contributed by atoms with Crippen LogP contribution in [0.15, 0.2) is 36.9 Å². The molecule has 1 saturated heterocycles. The highest BCUT2D eigenvalue weighted by atomic mass is 32.1. The lowest BCUT2D eigenvalue weighted by atomic mass is 10.1. The Bertz CT molecular complexity index is 1290. The number of hydrogen-bond acceptors (Lipinski definition) is 10. The number of morpholine rings is 1. The summed E-state index contributed by atoms with van der Waals surface area (Å²) in [7, 11) is 0. The fourth-order valence-corrected chi connectivity index (χ4v) is 4.95. The van der Waals surface area contributed by atoms with Crippen molar-refractivity contribution in [1.29, 1.82) is 0 Å². The van der Waals surface area contributed by atoms with Crippen molar-refractivity contribution >= 4 is 28.7 Å². The zero-order chi connectivity index (χ0) is 26.0. The summed E-state index contributed by atoms with van der Waals surface area (Å²) in [5.74, 6) is -1.45. The minimum atomic E-state index is -4.98. The molecule has 10 nitrogen and oxygen atoms in total. The van der Waals surface area contributed by atoms with E-state index in [0.717, 1.165) is 6.07 Å². The first-order valence-corrected chi connectivity index (χ1v) is 12.2. The number of carbonyl (C=O) groups is 2. The third kappa shape index (κ3) is 5.76. The third-order valence-corrected chi connectivity index (χ3v) is 7.10. The number of nitrogens with one attached hydrogen (secondary N) is 1. The van der Waals surface area contributed by atoms with Crippen molar-refractivity contribution in [1.82, 2.24) is 25.1 Å². The van der Waals surface area contributed by atoms with Gasteiger partial charge in [-0.3, -0.25) is 14.5 Å². The molecule has 5 rings (SSSR count). The van der Waals surface area contributed by atoms with E-state index in [4.69, 9.17) is 4.74 Å². The van der Waals surface area contributed by atoms with Crippen LogP contribution in [0, 0.1) is 0 Å². The van der Waals surface area contributed by atoms with Crippen LogP contribution < -0.4 is 10.1 Å². The molecule has 0 spiro atoms. The first-order chi connectivity index (χ1) is 17.7. The fourth-order valence-electron chi connectivity index (χ4n) is 4.14. The summed E-state index contributed by atoms with van der Waals surface area (Å²) >= 11 is 1.18. The van der Waals surface area contributed by atoms with Gasteiger partial charge in [0.15, 0.2) is 16.5 Å². The normalized spacial score (nSPS) is 17.3. The van der Waals surface area contributed by atoms with Crippen LogP contribution in [0.2, 0.25) is 0 Å². The maximum Gasteiger partial charge on any atom is 0.573 e. The van der Waals surface area contributed by atoms with Gasteiger partial charge in [0.1, 0.15) is 16.9 Å². The lowest BCUT2D eigenvalue weighted by molar-refractivity contribution is -0.274. The third-order valence-electron chi connectivity index (χ3n) is 6.12. The summed E-state index contributed by atoms with van der Waals surface area (Å²) in [5.41, 5.74) is -0.289. The summed E-state index contributed by atoms with van der Waals surface area (Å²) in [6, 6.07) is 3.45. The number of anilines is 1. The molecule has 1 saturated carbocycles. The van der Waals surface area contributed by atoms with Gasteiger partial charge in [0, 0.05) is 36.6 Å². The molecule has 37 heavy (non-hydrogen) atoms. The van der Waals surface area contributed by atoms with Crippen LogP contribution >= 0.6 is 11.3 Å². The highest BCUT2D eigenvalue weighted by molar-refractivity contribution is 7.14. The molecule has 0 radical (unpaired) electrons. The largest absolute Gasteiger partial charge is 0.573 e. The minimum absolute atomic E-state index is 0.0980. The molecule has 2 aliphatic rings. The molecule has 1 aromatic carbocycles. The number of hydrogen-bond donors (Lipinski definition) is 1. The molecule has 0 atom stereocenters. The molecule has 1 N–H and O–H groups in total. The van der Waals surface area contributed by atoms with E-state index in [0.29, 0.717) is 54.7 Å². The SMILES string of the molecule is O=C(Cc1nnc(-c2cncnc2)s1)c1ccc(OC(F)(F)F)c(NC(=O)C2(N3CCOCC3)CC2)c1. The minimum Gasteiger partial charge on any atom is -0.404 e. The second-order valence-corrected chi connectivity index (χ2v) is 9.63. The Morgan fingerprint density at radius 2 is 1.86 bits per heavy atom. The number of amides is 1. The highest BCUT2D eigenvalue weighted by Crippen LogP contribution is 2.44. The molecule has 1 aliphatic heterocycles. The second-order valence-electron chi connectivity index (χ2n) is 8.57. The zero-order valence-electron chi connectivity index (χ0n) is 19.3. The van der Waals surface area contributed by atoms with E-state index in [-0.39, 0.29) is 17.7 Å². The Balaban J connectivity index is 1.35. The van der Waals surface area contributed by atoms with E-state index < -0.39 is 29.3 Å². The van der Waals surface area contributed by atoms with Gasteiger partial charge in [0.25, 0.3) is 0 Å². The van der Waals surface area contributed by atoms with E-state index in [2.05, 4.69) is 30.2 Å². The molecule has 2 fully saturated rings. The van der Waals surface area contributed by atoms with Crippen LogP contribution in [0.25, 0.3) is 10.6 Å². The van der Waals surface area contributed by atoms with Gasteiger partial charge >= 0.3 is 6.36 Å². The van der Waals surface area contributed by atoms with Crippen molar-refractivity contribution < 1.29 is 32.2 Å². The molecule has 3 aromatic rings. The molecule has 194 valence electrons. The predicted molar refractivity (Wildman–Crippen MR) is 125 cm³/mol. The second kappa shape index (κ2) is 10.1. The average molecular weight is 535 g/mol. The first-order valence-electron chi connectivity index (χ1n) is 11.4. The lowest BCUT2D eigenvalue weighted by Gasteiger charge is -2.34. The Kier molecular flexibility index (Phi) is 6.88. The van der Waals surface area contributed by atoms with Crippen molar-refractivity contribution in [2.24, 2.45) is 0 Å². The fraction of sp³-hybridized carbons (Fsp3) is 0.391. The number of halogens is 3. The molecular weight excluding hydrogens is 513 g/mol. The molecule has 0 unspecified atom stereocenters. The van der Waals surface area contributed by atoms with Crippen LogP contribution in [0.1, 0.15) is 28.2 Å². The monoisotopic (exact) mass is 534 g/mol. The summed E-state index contributed by atoms with van der Waals surface area (Å²) in [4.78, 5) is 36.0. The van der Waals surface area contributed by atoms with Crippen LogP contribution in [0.5, 0.6) is 5.75 Å². The molecule has 14 heteroatoms. The number of ether oxygens (including phenoxy) is 2. The number of alkyl halides is 3. The van der Waals surface area contributed by atoms with Crippen molar-refractivity contribution in [2.75, 3.05) is 31.6 Å². The van der Waals surface area contributed by atoms with Gasteiger partial charge in [-0.05, 0) is 31.0 Å². The van der Waals surface area contributed by atoms with E-state index in [1.807, 2.05) is 4.90 Å². The van der Waals surface area contributed by atoms with Crippen LogP contribution in [0.3, 0.4) is 0 Å². The lowest BCUT2D eigenvalue weighted by Crippen LogP contribution is -2.51. The topological polar surface area (TPSA) is 119 Å². The maximum atomic E-state index is 13.2. The number of benzene rings is 1.